The zero-order chi connectivity index (χ0) is 18.2. The molecule has 0 aromatic heterocycles. The van der Waals surface area contributed by atoms with Crippen LogP contribution in [0.1, 0.15) is 36.2 Å². The van der Waals surface area contributed by atoms with Crippen molar-refractivity contribution in [3.63, 3.8) is 0 Å². The Kier molecular flexibility index (Phi) is 5.84. The van der Waals surface area contributed by atoms with Crippen LogP contribution in [0.5, 0.6) is 5.75 Å². The molecular weight excluding hydrogens is 377 g/mol. The Morgan fingerprint density at radius 1 is 1.27 bits per heavy atom. The first kappa shape index (κ1) is 20.1. The molecule has 5 nitrogen and oxygen atoms in total. The van der Waals surface area contributed by atoms with Crippen molar-refractivity contribution >= 4 is 41.6 Å². The second kappa shape index (κ2) is 7.56. The van der Waals surface area contributed by atoms with Crippen LogP contribution in [0.25, 0.3) is 0 Å². The smallest absolute Gasteiger partial charge is 0.339 e. The van der Waals surface area contributed by atoms with E-state index in [2.05, 4.69) is 0 Å². The molecule has 7 heteroatoms. The molecule has 138 valence electrons. The van der Waals surface area contributed by atoms with Gasteiger partial charge >= 0.3 is 5.97 Å². The number of halogens is 2. The SMILES string of the molecule is CCC1(C)Oc2c(C(=O)O)cc(Cl)cc2N(Cc2ccccc2)C1=O.Cl. The van der Waals surface area contributed by atoms with E-state index in [0.29, 0.717) is 18.7 Å². The Labute approximate surface area is 162 Å². The van der Waals surface area contributed by atoms with E-state index < -0.39 is 11.6 Å². The summed E-state index contributed by atoms with van der Waals surface area (Å²) in [6, 6.07) is 12.4. The predicted molar refractivity (Wildman–Crippen MR) is 103 cm³/mol. The maximum absolute atomic E-state index is 13.0. The number of nitrogens with zero attached hydrogens (tertiary/aromatic N) is 1. The van der Waals surface area contributed by atoms with Gasteiger partial charge in [-0.15, -0.1) is 12.4 Å². The molecule has 1 heterocycles. The van der Waals surface area contributed by atoms with Crippen molar-refractivity contribution in [1.29, 1.82) is 0 Å². The summed E-state index contributed by atoms with van der Waals surface area (Å²) < 4.78 is 5.87. The zero-order valence-electron chi connectivity index (χ0n) is 14.4. The molecule has 0 fully saturated rings. The minimum atomic E-state index is -1.15. The standard InChI is InChI=1S/C19H18ClNO4.ClH/c1-3-19(2)18(24)21(11-12-7-5-4-6-8-12)15-10-13(20)9-14(17(22)23)16(15)25-19;/h4-10H,3,11H2,1-2H3,(H,22,23);1H. The molecule has 0 radical (unpaired) electrons. The van der Waals surface area contributed by atoms with Crippen molar-refractivity contribution in [2.45, 2.75) is 32.4 Å². The number of ether oxygens (including phenoxy) is 1. The van der Waals surface area contributed by atoms with E-state index >= 15 is 0 Å². The number of amides is 1. The zero-order valence-corrected chi connectivity index (χ0v) is 15.9. The van der Waals surface area contributed by atoms with E-state index in [1.807, 2.05) is 37.3 Å². The van der Waals surface area contributed by atoms with Gasteiger partial charge in [-0.25, -0.2) is 4.79 Å². The number of aromatic carboxylic acids is 1. The number of hydrogen-bond acceptors (Lipinski definition) is 3. The third kappa shape index (κ3) is 3.50. The lowest BCUT2D eigenvalue weighted by Gasteiger charge is -2.41. The molecule has 1 aliphatic rings. The second-order valence-corrected chi connectivity index (χ2v) is 6.61. The first-order valence-corrected chi connectivity index (χ1v) is 8.35. The van der Waals surface area contributed by atoms with Gasteiger partial charge in [0.25, 0.3) is 5.91 Å². The quantitative estimate of drug-likeness (QED) is 0.823. The third-order valence-corrected chi connectivity index (χ3v) is 4.66. The molecule has 1 unspecified atom stereocenters. The molecule has 0 bridgehead atoms. The van der Waals surface area contributed by atoms with Crippen molar-refractivity contribution in [2.24, 2.45) is 0 Å². The van der Waals surface area contributed by atoms with Crippen molar-refractivity contribution in [1.82, 2.24) is 0 Å². The number of anilines is 1. The topological polar surface area (TPSA) is 66.8 Å². The highest BCUT2D eigenvalue weighted by Crippen LogP contribution is 2.44. The maximum Gasteiger partial charge on any atom is 0.339 e. The van der Waals surface area contributed by atoms with Gasteiger partial charge < -0.3 is 14.7 Å². The van der Waals surface area contributed by atoms with Gasteiger partial charge in [-0.1, -0.05) is 48.9 Å². The molecule has 1 aliphatic heterocycles. The van der Waals surface area contributed by atoms with Crippen LogP contribution in [0.3, 0.4) is 0 Å². The van der Waals surface area contributed by atoms with E-state index in [9.17, 15) is 14.7 Å². The fourth-order valence-corrected chi connectivity index (χ4v) is 3.07. The lowest BCUT2D eigenvalue weighted by molar-refractivity contribution is -0.134. The molecule has 2 aromatic rings. The van der Waals surface area contributed by atoms with Crippen LogP contribution in [-0.2, 0) is 11.3 Å². The minimum Gasteiger partial charge on any atom is -0.478 e. The Morgan fingerprint density at radius 3 is 2.50 bits per heavy atom. The summed E-state index contributed by atoms with van der Waals surface area (Å²) in [6.07, 6.45) is 0.415. The monoisotopic (exact) mass is 395 g/mol. The van der Waals surface area contributed by atoms with E-state index in [4.69, 9.17) is 16.3 Å². The Balaban J connectivity index is 0.00000243. The van der Waals surface area contributed by atoms with E-state index in [1.54, 1.807) is 17.9 Å². The molecule has 0 saturated carbocycles. The van der Waals surface area contributed by atoms with Crippen molar-refractivity contribution in [3.8, 4) is 5.75 Å². The number of rotatable bonds is 4. The highest BCUT2D eigenvalue weighted by Gasteiger charge is 2.45. The van der Waals surface area contributed by atoms with Gasteiger partial charge in [0.2, 0.25) is 0 Å². The Morgan fingerprint density at radius 2 is 1.92 bits per heavy atom. The van der Waals surface area contributed by atoms with Crippen LogP contribution >= 0.6 is 24.0 Å². The molecule has 0 saturated heterocycles. The molecule has 0 spiro atoms. The fourth-order valence-electron chi connectivity index (χ4n) is 2.86. The highest BCUT2D eigenvalue weighted by atomic mass is 35.5. The molecule has 0 aliphatic carbocycles. The molecule has 1 amide bonds. The average molecular weight is 396 g/mol. The minimum absolute atomic E-state index is 0. The number of hydrogen-bond donors (Lipinski definition) is 1. The van der Waals surface area contributed by atoms with Crippen LogP contribution in [0.2, 0.25) is 5.02 Å². The average Bonchev–Trinajstić information content (AvgIpc) is 2.60. The van der Waals surface area contributed by atoms with Crippen LogP contribution in [0.4, 0.5) is 5.69 Å². The van der Waals surface area contributed by atoms with Crippen molar-refractivity contribution in [2.75, 3.05) is 4.90 Å². The summed E-state index contributed by atoms with van der Waals surface area (Å²) in [5.41, 5.74) is 0.135. The largest absolute Gasteiger partial charge is 0.478 e. The maximum atomic E-state index is 13.0. The van der Waals surface area contributed by atoms with Crippen LogP contribution in [0, 0.1) is 0 Å². The van der Waals surface area contributed by atoms with E-state index in [1.165, 1.54) is 6.07 Å². The summed E-state index contributed by atoms with van der Waals surface area (Å²) in [7, 11) is 0. The first-order valence-electron chi connectivity index (χ1n) is 7.97. The summed E-state index contributed by atoms with van der Waals surface area (Å²) in [5, 5.41) is 9.75. The van der Waals surface area contributed by atoms with Crippen LogP contribution in [-0.4, -0.2) is 22.6 Å². The van der Waals surface area contributed by atoms with Crippen LogP contribution < -0.4 is 9.64 Å². The summed E-state index contributed by atoms with van der Waals surface area (Å²) in [4.78, 5) is 26.2. The number of benzene rings is 2. The Hall–Kier alpha value is -2.24. The number of fused-ring (bicyclic) bond motifs is 1. The second-order valence-electron chi connectivity index (χ2n) is 6.17. The Bertz CT molecular complexity index is 841. The molecule has 26 heavy (non-hydrogen) atoms. The summed E-state index contributed by atoms with van der Waals surface area (Å²) >= 11 is 6.09. The summed E-state index contributed by atoms with van der Waals surface area (Å²) in [5.74, 6) is -1.19. The highest BCUT2D eigenvalue weighted by molar-refractivity contribution is 6.31. The van der Waals surface area contributed by atoms with Gasteiger partial charge in [-0.3, -0.25) is 4.79 Å². The molecule has 2 aromatic carbocycles. The number of carboxylic acids is 1. The van der Waals surface area contributed by atoms with E-state index in [0.717, 1.165) is 5.56 Å². The normalized spacial score (nSPS) is 18.6. The van der Waals surface area contributed by atoms with Gasteiger partial charge in [-0.2, -0.15) is 0 Å². The third-order valence-electron chi connectivity index (χ3n) is 4.44. The molecule has 3 rings (SSSR count). The first-order chi connectivity index (χ1) is 11.9. The van der Waals surface area contributed by atoms with Gasteiger partial charge in [0.1, 0.15) is 5.56 Å². The lowest BCUT2D eigenvalue weighted by atomic mass is 9.96. The molecular formula is C19H19Cl2NO4. The van der Waals surface area contributed by atoms with Gasteiger partial charge in [0, 0.05) is 5.02 Å². The molecule has 1 atom stereocenters. The predicted octanol–water partition coefficient (Wildman–Crippen LogP) is 4.55. The molecule has 1 N–H and O–H groups in total. The fraction of sp³-hybridized carbons (Fsp3) is 0.263. The lowest BCUT2D eigenvalue weighted by Crippen LogP contribution is -2.54. The number of carbonyl (C=O) groups excluding carboxylic acids is 1. The number of carbonyl (C=O) groups is 2. The van der Waals surface area contributed by atoms with Gasteiger partial charge in [0.15, 0.2) is 11.4 Å². The summed E-state index contributed by atoms with van der Waals surface area (Å²) in [6.45, 7) is 3.82. The number of carboxylic acid groups (broad SMARTS) is 1. The van der Waals surface area contributed by atoms with Crippen LogP contribution in [0.15, 0.2) is 42.5 Å². The van der Waals surface area contributed by atoms with E-state index in [-0.39, 0.29) is 34.6 Å². The van der Waals surface area contributed by atoms with Gasteiger partial charge in [0.05, 0.1) is 12.2 Å². The van der Waals surface area contributed by atoms with Crippen molar-refractivity contribution in [3.05, 3.63) is 58.6 Å². The van der Waals surface area contributed by atoms with Crippen molar-refractivity contribution < 1.29 is 19.4 Å². The van der Waals surface area contributed by atoms with Gasteiger partial charge in [-0.05, 0) is 31.0 Å².